The van der Waals surface area contributed by atoms with E-state index in [0.717, 1.165) is 20.7 Å². The predicted molar refractivity (Wildman–Crippen MR) is 78.5 cm³/mol. The standard InChI is InChI=1S/C12H15N3O2S2/c1-15(17-2)11(16)13-7-8-18-12-14-9-5-3-4-6-10(9)19-12/h3-6H,7-8H2,1-2H3,(H,13,16). The molecule has 2 aromatic rings. The van der Waals surface area contributed by atoms with Gasteiger partial charge in [0.2, 0.25) is 0 Å². The molecule has 0 aliphatic rings. The summed E-state index contributed by atoms with van der Waals surface area (Å²) in [4.78, 5) is 20.7. The van der Waals surface area contributed by atoms with E-state index in [0.29, 0.717) is 6.54 Å². The number of amides is 2. The van der Waals surface area contributed by atoms with Gasteiger partial charge in [-0.2, -0.15) is 0 Å². The molecular formula is C12H15N3O2S2. The first-order valence-corrected chi connectivity index (χ1v) is 7.55. The number of benzene rings is 1. The second-order valence-corrected chi connectivity index (χ2v) is 6.08. The summed E-state index contributed by atoms with van der Waals surface area (Å²) in [6, 6.07) is 7.82. The van der Waals surface area contributed by atoms with Gasteiger partial charge in [-0.3, -0.25) is 4.84 Å². The molecule has 0 saturated heterocycles. The number of carbonyl (C=O) groups is 1. The zero-order chi connectivity index (χ0) is 13.7. The van der Waals surface area contributed by atoms with E-state index >= 15 is 0 Å². The number of thioether (sulfide) groups is 1. The number of rotatable bonds is 5. The lowest BCUT2D eigenvalue weighted by Crippen LogP contribution is -2.37. The number of fused-ring (bicyclic) bond motifs is 1. The summed E-state index contributed by atoms with van der Waals surface area (Å²) in [6.07, 6.45) is 0. The molecule has 2 amide bonds. The lowest BCUT2D eigenvalue weighted by atomic mass is 10.3. The third-order valence-corrected chi connectivity index (χ3v) is 4.62. The molecule has 1 N–H and O–H groups in total. The molecular weight excluding hydrogens is 282 g/mol. The Bertz CT molecular complexity index is 526. The molecule has 19 heavy (non-hydrogen) atoms. The minimum absolute atomic E-state index is 0.243. The number of nitrogens with zero attached hydrogens (tertiary/aromatic N) is 2. The van der Waals surface area contributed by atoms with E-state index in [-0.39, 0.29) is 6.03 Å². The normalized spacial score (nSPS) is 10.6. The van der Waals surface area contributed by atoms with Crippen LogP contribution in [0.4, 0.5) is 4.79 Å². The highest BCUT2D eigenvalue weighted by Gasteiger charge is 2.07. The Morgan fingerprint density at radius 3 is 3.05 bits per heavy atom. The van der Waals surface area contributed by atoms with E-state index in [2.05, 4.69) is 16.4 Å². The summed E-state index contributed by atoms with van der Waals surface area (Å²) in [7, 11) is 3.02. The van der Waals surface area contributed by atoms with Gasteiger partial charge in [-0.15, -0.1) is 11.3 Å². The SMILES string of the molecule is CON(C)C(=O)NCCSc1nc2ccccc2s1. The van der Waals surface area contributed by atoms with Crippen LogP contribution in [-0.4, -0.2) is 42.5 Å². The molecule has 0 atom stereocenters. The van der Waals surface area contributed by atoms with Crippen molar-refractivity contribution >= 4 is 39.3 Å². The smallest absolute Gasteiger partial charge is 0.335 e. The Labute approximate surface area is 119 Å². The van der Waals surface area contributed by atoms with E-state index in [9.17, 15) is 4.79 Å². The maximum absolute atomic E-state index is 11.4. The summed E-state index contributed by atoms with van der Waals surface area (Å²) in [5, 5.41) is 3.91. The maximum atomic E-state index is 11.4. The second kappa shape index (κ2) is 6.74. The van der Waals surface area contributed by atoms with Crippen LogP contribution in [0.5, 0.6) is 0 Å². The number of thiazole rings is 1. The quantitative estimate of drug-likeness (QED) is 0.523. The van der Waals surface area contributed by atoms with Crippen LogP contribution in [0.15, 0.2) is 28.6 Å². The Morgan fingerprint density at radius 2 is 2.32 bits per heavy atom. The van der Waals surface area contributed by atoms with Crippen LogP contribution in [0.1, 0.15) is 0 Å². The minimum atomic E-state index is -0.243. The summed E-state index contributed by atoms with van der Waals surface area (Å²) >= 11 is 3.31. The van der Waals surface area contributed by atoms with Crippen LogP contribution in [0.25, 0.3) is 10.2 Å². The van der Waals surface area contributed by atoms with Crippen molar-refractivity contribution < 1.29 is 9.63 Å². The molecule has 2 rings (SSSR count). The number of aromatic nitrogens is 1. The van der Waals surface area contributed by atoms with Gasteiger partial charge in [0.15, 0.2) is 4.34 Å². The maximum Gasteiger partial charge on any atom is 0.341 e. The highest BCUT2D eigenvalue weighted by atomic mass is 32.2. The fourth-order valence-electron chi connectivity index (χ4n) is 1.40. The highest BCUT2D eigenvalue weighted by Crippen LogP contribution is 2.28. The van der Waals surface area contributed by atoms with E-state index in [1.165, 1.54) is 11.8 Å². The molecule has 0 spiro atoms. The first-order valence-electron chi connectivity index (χ1n) is 5.74. The fraction of sp³-hybridized carbons (Fsp3) is 0.333. The summed E-state index contributed by atoms with van der Waals surface area (Å²) in [5.41, 5.74) is 1.03. The number of hydrogen-bond acceptors (Lipinski definition) is 5. The number of urea groups is 1. The van der Waals surface area contributed by atoms with Gasteiger partial charge in [-0.05, 0) is 12.1 Å². The molecule has 0 aliphatic heterocycles. The lowest BCUT2D eigenvalue weighted by Gasteiger charge is -2.13. The third kappa shape index (κ3) is 3.82. The van der Waals surface area contributed by atoms with Gasteiger partial charge < -0.3 is 5.32 Å². The van der Waals surface area contributed by atoms with Crippen molar-refractivity contribution in [1.29, 1.82) is 0 Å². The van der Waals surface area contributed by atoms with Crippen LogP contribution in [-0.2, 0) is 4.84 Å². The summed E-state index contributed by atoms with van der Waals surface area (Å²) in [6.45, 7) is 0.577. The van der Waals surface area contributed by atoms with Gasteiger partial charge in [0, 0.05) is 19.3 Å². The van der Waals surface area contributed by atoms with Gasteiger partial charge in [0.1, 0.15) is 0 Å². The van der Waals surface area contributed by atoms with Gasteiger partial charge in [-0.25, -0.2) is 14.8 Å². The molecule has 0 saturated carbocycles. The Kier molecular flexibility index (Phi) is 5.00. The third-order valence-electron chi connectivity index (χ3n) is 2.44. The first kappa shape index (κ1) is 14.1. The van der Waals surface area contributed by atoms with Gasteiger partial charge in [0.05, 0.1) is 17.3 Å². The Balaban J connectivity index is 1.78. The van der Waals surface area contributed by atoms with Crippen molar-refractivity contribution in [3.63, 3.8) is 0 Å². The monoisotopic (exact) mass is 297 g/mol. The topological polar surface area (TPSA) is 54.5 Å². The average molecular weight is 297 g/mol. The van der Waals surface area contributed by atoms with Crippen LogP contribution >= 0.6 is 23.1 Å². The second-order valence-electron chi connectivity index (χ2n) is 3.71. The average Bonchev–Trinajstić information content (AvgIpc) is 2.85. The first-order chi connectivity index (χ1) is 9.20. The zero-order valence-corrected chi connectivity index (χ0v) is 12.4. The van der Waals surface area contributed by atoms with Crippen molar-refractivity contribution in [3.05, 3.63) is 24.3 Å². The van der Waals surface area contributed by atoms with Gasteiger partial charge >= 0.3 is 6.03 Å². The van der Waals surface area contributed by atoms with E-state index in [1.54, 1.807) is 30.1 Å². The number of hydroxylamine groups is 2. The number of carbonyl (C=O) groups excluding carboxylic acids is 1. The van der Waals surface area contributed by atoms with E-state index in [1.807, 2.05) is 18.2 Å². The molecule has 0 radical (unpaired) electrons. The van der Waals surface area contributed by atoms with Crippen molar-refractivity contribution in [2.24, 2.45) is 0 Å². The molecule has 0 bridgehead atoms. The van der Waals surface area contributed by atoms with Crippen molar-refractivity contribution in [1.82, 2.24) is 15.4 Å². The van der Waals surface area contributed by atoms with Crippen LogP contribution in [0.3, 0.4) is 0 Å². The van der Waals surface area contributed by atoms with Crippen LogP contribution < -0.4 is 5.32 Å². The minimum Gasteiger partial charge on any atom is -0.335 e. The fourth-order valence-corrected chi connectivity index (χ4v) is 3.40. The molecule has 7 heteroatoms. The van der Waals surface area contributed by atoms with Crippen LogP contribution in [0, 0.1) is 0 Å². The Hall–Kier alpha value is -1.31. The van der Waals surface area contributed by atoms with E-state index < -0.39 is 0 Å². The van der Waals surface area contributed by atoms with Gasteiger partial charge in [0.25, 0.3) is 0 Å². The number of nitrogens with one attached hydrogen (secondary N) is 1. The Morgan fingerprint density at radius 1 is 1.53 bits per heavy atom. The molecule has 1 heterocycles. The molecule has 0 aliphatic carbocycles. The van der Waals surface area contributed by atoms with Crippen molar-refractivity contribution in [2.75, 3.05) is 26.5 Å². The van der Waals surface area contributed by atoms with Gasteiger partial charge in [-0.1, -0.05) is 23.9 Å². The zero-order valence-electron chi connectivity index (χ0n) is 10.8. The highest BCUT2D eigenvalue weighted by molar-refractivity contribution is 8.01. The molecule has 0 fully saturated rings. The molecule has 1 aromatic heterocycles. The number of hydrogen-bond donors (Lipinski definition) is 1. The number of para-hydroxylation sites is 1. The van der Waals surface area contributed by atoms with E-state index in [4.69, 9.17) is 4.84 Å². The predicted octanol–water partition coefficient (Wildman–Crippen LogP) is 2.59. The molecule has 5 nitrogen and oxygen atoms in total. The molecule has 102 valence electrons. The lowest BCUT2D eigenvalue weighted by molar-refractivity contribution is -0.0645. The summed E-state index contributed by atoms with van der Waals surface area (Å²) in [5.74, 6) is 0.781. The van der Waals surface area contributed by atoms with Crippen LogP contribution in [0.2, 0.25) is 0 Å². The largest absolute Gasteiger partial charge is 0.341 e. The van der Waals surface area contributed by atoms with Crippen molar-refractivity contribution in [3.8, 4) is 0 Å². The molecule has 0 unspecified atom stereocenters. The molecule has 1 aromatic carbocycles. The summed E-state index contributed by atoms with van der Waals surface area (Å²) < 4.78 is 2.21. The van der Waals surface area contributed by atoms with Crippen molar-refractivity contribution in [2.45, 2.75) is 4.34 Å².